The van der Waals surface area contributed by atoms with Gasteiger partial charge >= 0.3 is 5.69 Å². The lowest BCUT2D eigenvalue weighted by Gasteiger charge is -2.31. The molecule has 0 saturated carbocycles. The molecule has 3 aromatic rings. The molecule has 3 heterocycles. The summed E-state index contributed by atoms with van der Waals surface area (Å²) in [5.41, 5.74) is 3.27. The fraction of sp³-hybridized carbons (Fsp3) is 0.500. The van der Waals surface area contributed by atoms with E-state index in [0.29, 0.717) is 74.1 Å². The van der Waals surface area contributed by atoms with Crippen molar-refractivity contribution in [3.8, 4) is 17.1 Å². The number of H-pyrrole nitrogens is 1. The van der Waals surface area contributed by atoms with Crippen molar-refractivity contribution in [1.82, 2.24) is 28.7 Å². The number of rotatable bonds is 9. The van der Waals surface area contributed by atoms with E-state index in [1.807, 2.05) is 20.9 Å². The molecular formula is C22H32N8O4S. The minimum Gasteiger partial charge on any atom is -0.493 e. The van der Waals surface area contributed by atoms with Gasteiger partial charge in [0, 0.05) is 32.7 Å². The molecule has 190 valence electrons. The quantitative estimate of drug-likeness (QED) is 0.288. The number of sulfonamides is 1. The van der Waals surface area contributed by atoms with E-state index in [4.69, 9.17) is 10.6 Å². The first-order valence-electron chi connectivity index (χ1n) is 11.7. The summed E-state index contributed by atoms with van der Waals surface area (Å²) in [5.74, 6) is 6.61. The first-order chi connectivity index (χ1) is 16.8. The van der Waals surface area contributed by atoms with Gasteiger partial charge in [0.15, 0.2) is 11.5 Å². The van der Waals surface area contributed by atoms with Crippen molar-refractivity contribution < 1.29 is 13.2 Å². The molecule has 0 atom stereocenters. The third kappa shape index (κ3) is 4.89. The maximum Gasteiger partial charge on any atom is 0.351 e. The Bertz CT molecular complexity index is 1360. The van der Waals surface area contributed by atoms with Crippen LogP contribution in [-0.4, -0.2) is 77.0 Å². The smallest absolute Gasteiger partial charge is 0.351 e. The van der Waals surface area contributed by atoms with Crippen molar-refractivity contribution in [2.45, 2.75) is 38.1 Å². The monoisotopic (exact) mass is 504 g/mol. The molecule has 1 fully saturated rings. The molecule has 0 amide bonds. The molecule has 0 bridgehead atoms. The number of imidazole rings is 1. The van der Waals surface area contributed by atoms with Gasteiger partial charge in [0.25, 0.3) is 0 Å². The largest absolute Gasteiger partial charge is 0.493 e. The average molecular weight is 505 g/mol. The lowest BCUT2D eigenvalue weighted by Crippen LogP contribution is -2.47. The molecule has 2 aromatic heterocycles. The van der Waals surface area contributed by atoms with Gasteiger partial charge in [-0.3, -0.25) is 4.57 Å². The summed E-state index contributed by atoms with van der Waals surface area (Å²) < 4.78 is 35.7. The van der Waals surface area contributed by atoms with E-state index in [1.54, 1.807) is 18.2 Å². The van der Waals surface area contributed by atoms with E-state index >= 15 is 0 Å². The first-order valence-corrected chi connectivity index (χ1v) is 13.2. The van der Waals surface area contributed by atoms with Crippen LogP contribution in [0, 0.1) is 0 Å². The van der Waals surface area contributed by atoms with Crippen LogP contribution in [0.2, 0.25) is 0 Å². The van der Waals surface area contributed by atoms with Crippen LogP contribution in [0.25, 0.3) is 22.6 Å². The molecular weight excluding hydrogens is 472 g/mol. The molecule has 0 spiro atoms. The highest BCUT2D eigenvalue weighted by atomic mass is 32.2. The van der Waals surface area contributed by atoms with Gasteiger partial charge in [-0.1, -0.05) is 13.8 Å². The Kier molecular flexibility index (Phi) is 7.40. The van der Waals surface area contributed by atoms with Crippen LogP contribution in [0.3, 0.4) is 0 Å². The maximum atomic E-state index is 13.4. The second kappa shape index (κ2) is 10.3. The summed E-state index contributed by atoms with van der Waals surface area (Å²) >= 11 is 0. The number of anilines is 1. The number of benzene rings is 1. The van der Waals surface area contributed by atoms with Gasteiger partial charge in [0.05, 0.1) is 17.1 Å². The SMILES string of the molecule is CCCOc1ccc(S(=O)(=O)N2CCN(C)CC2)cc1-c1nc2c([nH]1)c(NN)nc(=O)n2CCC. The molecule has 4 N–H and O–H groups in total. The number of fused-ring (bicyclic) bond motifs is 1. The molecule has 4 rings (SSSR count). The van der Waals surface area contributed by atoms with Crippen LogP contribution in [-0.2, 0) is 16.6 Å². The highest BCUT2D eigenvalue weighted by molar-refractivity contribution is 7.89. The number of likely N-dealkylation sites (N-methyl/N-ethyl adjacent to an activating group) is 1. The fourth-order valence-electron chi connectivity index (χ4n) is 4.05. The summed E-state index contributed by atoms with van der Waals surface area (Å²) in [6.45, 7) is 7.00. The number of nitrogens with one attached hydrogen (secondary N) is 2. The van der Waals surface area contributed by atoms with E-state index in [0.717, 1.165) is 6.42 Å². The number of piperazine rings is 1. The van der Waals surface area contributed by atoms with Gasteiger partial charge in [-0.25, -0.2) is 24.0 Å². The van der Waals surface area contributed by atoms with Crippen LogP contribution in [0.1, 0.15) is 26.7 Å². The van der Waals surface area contributed by atoms with Gasteiger partial charge in [-0.05, 0) is 38.1 Å². The maximum absolute atomic E-state index is 13.4. The van der Waals surface area contributed by atoms with Crippen molar-refractivity contribution in [1.29, 1.82) is 0 Å². The number of nitrogens with zero attached hydrogens (tertiary/aromatic N) is 5. The Morgan fingerprint density at radius 1 is 1.14 bits per heavy atom. The first kappa shape index (κ1) is 25.1. The fourth-order valence-corrected chi connectivity index (χ4v) is 5.50. The van der Waals surface area contributed by atoms with Crippen molar-refractivity contribution in [2.75, 3.05) is 45.3 Å². The number of aromatic amines is 1. The highest BCUT2D eigenvalue weighted by Crippen LogP contribution is 2.34. The Hall–Kier alpha value is -3.00. The molecule has 1 aromatic carbocycles. The number of hydrogen-bond acceptors (Lipinski definition) is 9. The van der Waals surface area contributed by atoms with E-state index in [-0.39, 0.29) is 10.7 Å². The Morgan fingerprint density at radius 2 is 1.89 bits per heavy atom. The third-order valence-electron chi connectivity index (χ3n) is 5.97. The van der Waals surface area contributed by atoms with Crippen LogP contribution >= 0.6 is 0 Å². The van der Waals surface area contributed by atoms with Gasteiger partial charge in [0.1, 0.15) is 17.1 Å². The van der Waals surface area contributed by atoms with Crippen molar-refractivity contribution in [3.63, 3.8) is 0 Å². The molecule has 35 heavy (non-hydrogen) atoms. The average Bonchev–Trinajstić information content (AvgIpc) is 3.29. The van der Waals surface area contributed by atoms with E-state index in [1.165, 1.54) is 8.87 Å². The molecule has 1 saturated heterocycles. The molecule has 13 heteroatoms. The topological polar surface area (TPSA) is 151 Å². The summed E-state index contributed by atoms with van der Waals surface area (Å²) in [6.07, 6.45) is 1.49. The van der Waals surface area contributed by atoms with Crippen LogP contribution in [0.4, 0.5) is 5.82 Å². The minimum absolute atomic E-state index is 0.155. The van der Waals surface area contributed by atoms with Crippen molar-refractivity contribution >= 4 is 27.0 Å². The van der Waals surface area contributed by atoms with E-state index in [2.05, 4.69) is 25.3 Å². The second-order valence-electron chi connectivity index (χ2n) is 8.54. The standard InChI is InChI=1S/C22H32N8O4S/c1-4-8-30-21-18(20(27-23)26-22(30)31)24-19(25-21)16-14-15(6-7-17(16)34-13-5-2)35(32,33)29-11-9-28(3)10-12-29/h6-7,14H,4-5,8-13,23H2,1-3H3,(H,24,25)(H,26,27,31). The minimum atomic E-state index is -3.71. The number of aryl methyl sites for hydroxylation is 1. The number of hydrogen-bond donors (Lipinski definition) is 3. The molecule has 0 aliphatic carbocycles. The Labute approximate surface area is 204 Å². The van der Waals surface area contributed by atoms with Crippen molar-refractivity contribution in [3.05, 3.63) is 28.7 Å². The summed E-state index contributed by atoms with van der Waals surface area (Å²) in [7, 11) is -1.74. The Balaban J connectivity index is 1.86. The molecule has 0 unspecified atom stereocenters. The number of nitrogens with two attached hydrogens (primary N) is 1. The predicted molar refractivity (Wildman–Crippen MR) is 134 cm³/mol. The molecule has 1 aliphatic rings. The van der Waals surface area contributed by atoms with Crippen LogP contribution in [0.5, 0.6) is 5.75 Å². The van der Waals surface area contributed by atoms with E-state index in [9.17, 15) is 13.2 Å². The van der Waals surface area contributed by atoms with Crippen molar-refractivity contribution in [2.24, 2.45) is 5.84 Å². The second-order valence-corrected chi connectivity index (χ2v) is 10.5. The number of nitrogen functional groups attached to an aromatic ring is 1. The molecule has 1 aliphatic heterocycles. The number of aromatic nitrogens is 4. The third-order valence-corrected chi connectivity index (χ3v) is 7.86. The van der Waals surface area contributed by atoms with Gasteiger partial charge in [-0.15, -0.1) is 0 Å². The van der Waals surface area contributed by atoms with Crippen LogP contribution in [0.15, 0.2) is 27.9 Å². The van der Waals surface area contributed by atoms with Gasteiger partial charge in [0.2, 0.25) is 10.0 Å². The zero-order chi connectivity index (χ0) is 25.2. The predicted octanol–water partition coefficient (Wildman–Crippen LogP) is 1.21. The summed E-state index contributed by atoms with van der Waals surface area (Å²) in [5, 5.41) is 0. The summed E-state index contributed by atoms with van der Waals surface area (Å²) in [6, 6.07) is 4.79. The van der Waals surface area contributed by atoms with E-state index < -0.39 is 15.7 Å². The molecule has 12 nitrogen and oxygen atoms in total. The number of hydrazine groups is 1. The Morgan fingerprint density at radius 3 is 2.54 bits per heavy atom. The lowest BCUT2D eigenvalue weighted by atomic mass is 10.2. The van der Waals surface area contributed by atoms with Gasteiger partial charge in [-0.2, -0.15) is 9.29 Å². The van der Waals surface area contributed by atoms with Crippen LogP contribution < -0.4 is 21.7 Å². The molecule has 0 radical (unpaired) electrons. The highest BCUT2D eigenvalue weighted by Gasteiger charge is 2.29. The summed E-state index contributed by atoms with van der Waals surface area (Å²) in [4.78, 5) is 26.6. The number of ether oxygens (including phenoxy) is 1. The lowest BCUT2D eigenvalue weighted by molar-refractivity contribution is 0.222. The zero-order valence-corrected chi connectivity index (χ0v) is 21.1. The normalized spacial score (nSPS) is 15.5. The zero-order valence-electron chi connectivity index (χ0n) is 20.2. The van der Waals surface area contributed by atoms with Gasteiger partial charge < -0.3 is 20.0 Å².